The standard InChI is InChI=1S/C13H8BrClN2O3/c14-11-5-7(3-4-16-11)12(18)17-10-2-1-8(15)6-9(10)13(19)20/h1-6H,(H,17,18)(H,19,20). The first-order chi connectivity index (χ1) is 9.47. The van der Waals surface area contributed by atoms with Gasteiger partial charge in [0.1, 0.15) is 4.60 Å². The Bertz CT molecular complexity index is 691. The Morgan fingerprint density at radius 1 is 1.25 bits per heavy atom. The van der Waals surface area contributed by atoms with Gasteiger partial charge in [0.25, 0.3) is 5.91 Å². The molecule has 0 unspecified atom stereocenters. The van der Waals surface area contributed by atoms with E-state index in [2.05, 4.69) is 26.2 Å². The third kappa shape index (κ3) is 3.34. The van der Waals surface area contributed by atoms with Gasteiger partial charge in [0, 0.05) is 16.8 Å². The van der Waals surface area contributed by atoms with E-state index < -0.39 is 11.9 Å². The van der Waals surface area contributed by atoms with Crippen molar-refractivity contribution in [1.29, 1.82) is 0 Å². The molecule has 0 bridgehead atoms. The zero-order valence-corrected chi connectivity index (χ0v) is 12.3. The van der Waals surface area contributed by atoms with Crippen molar-refractivity contribution in [3.8, 4) is 0 Å². The molecular weight excluding hydrogens is 348 g/mol. The number of amides is 1. The summed E-state index contributed by atoms with van der Waals surface area (Å²) >= 11 is 8.91. The van der Waals surface area contributed by atoms with E-state index in [1.165, 1.54) is 36.5 Å². The van der Waals surface area contributed by atoms with Crippen LogP contribution in [0.5, 0.6) is 0 Å². The SMILES string of the molecule is O=C(Nc1ccc(Cl)cc1C(=O)O)c1ccnc(Br)c1. The Morgan fingerprint density at radius 2 is 2.00 bits per heavy atom. The molecular formula is C13H8BrClN2O3. The van der Waals surface area contributed by atoms with Crippen molar-refractivity contribution in [3.63, 3.8) is 0 Å². The first kappa shape index (κ1) is 14.5. The summed E-state index contributed by atoms with van der Waals surface area (Å²) in [7, 11) is 0. The van der Waals surface area contributed by atoms with Crippen LogP contribution in [0.15, 0.2) is 41.1 Å². The summed E-state index contributed by atoms with van der Waals surface area (Å²) in [5, 5.41) is 11.9. The molecule has 1 aromatic carbocycles. The number of carboxylic acids is 1. The van der Waals surface area contributed by atoms with Gasteiger partial charge in [-0.2, -0.15) is 0 Å². The highest BCUT2D eigenvalue weighted by molar-refractivity contribution is 9.10. The predicted molar refractivity (Wildman–Crippen MR) is 78.3 cm³/mol. The maximum Gasteiger partial charge on any atom is 0.337 e. The Kier molecular flexibility index (Phi) is 4.36. The van der Waals surface area contributed by atoms with Crippen molar-refractivity contribution in [2.24, 2.45) is 0 Å². The van der Waals surface area contributed by atoms with E-state index in [0.717, 1.165) is 0 Å². The number of pyridine rings is 1. The Labute approximate surface area is 127 Å². The van der Waals surface area contributed by atoms with E-state index in [9.17, 15) is 9.59 Å². The Morgan fingerprint density at radius 3 is 2.65 bits per heavy atom. The first-order valence-electron chi connectivity index (χ1n) is 5.43. The molecule has 0 saturated heterocycles. The molecule has 0 radical (unpaired) electrons. The molecule has 1 amide bonds. The van der Waals surface area contributed by atoms with Crippen LogP contribution in [0.2, 0.25) is 5.02 Å². The van der Waals surface area contributed by atoms with Gasteiger partial charge in [-0.25, -0.2) is 9.78 Å². The number of carbonyl (C=O) groups excluding carboxylic acids is 1. The van der Waals surface area contributed by atoms with Crippen molar-refractivity contribution in [2.75, 3.05) is 5.32 Å². The van der Waals surface area contributed by atoms with Crippen LogP contribution in [-0.4, -0.2) is 22.0 Å². The van der Waals surface area contributed by atoms with Gasteiger partial charge in [-0.1, -0.05) is 11.6 Å². The molecule has 2 aromatic rings. The van der Waals surface area contributed by atoms with Crippen molar-refractivity contribution in [2.45, 2.75) is 0 Å². The van der Waals surface area contributed by atoms with E-state index >= 15 is 0 Å². The highest BCUT2D eigenvalue weighted by atomic mass is 79.9. The molecule has 0 spiro atoms. The van der Waals surface area contributed by atoms with Crippen LogP contribution in [0.25, 0.3) is 0 Å². The monoisotopic (exact) mass is 354 g/mol. The highest BCUT2D eigenvalue weighted by Crippen LogP contribution is 2.21. The maximum atomic E-state index is 12.0. The van der Waals surface area contributed by atoms with Crippen LogP contribution in [0.1, 0.15) is 20.7 Å². The Hall–Kier alpha value is -1.92. The molecule has 0 fully saturated rings. The van der Waals surface area contributed by atoms with Gasteiger partial charge in [-0.3, -0.25) is 4.79 Å². The number of nitrogens with zero attached hydrogens (tertiary/aromatic N) is 1. The second kappa shape index (κ2) is 6.02. The second-order valence-corrected chi connectivity index (χ2v) is 5.07. The van der Waals surface area contributed by atoms with Crippen LogP contribution in [0.4, 0.5) is 5.69 Å². The number of aromatic nitrogens is 1. The topological polar surface area (TPSA) is 79.3 Å². The minimum Gasteiger partial charge on any atom is -0.478 e. The quantitative estimate of drug-likeness (QED) is 0.827. The average Bonchev–Trinajstić information content (AvgIpc) is 2.40. The van der Waals surface area contributed by atoms with Gasteiger partial charge in [-0.05, 0) is 46.3 Å². The van der Waals surface area contributed by atoms with E-state index in [1.807, 2.05) is 0 Å². The average molecular weight is 356 g/mol. The molecule has 0 saturated carbocycles. The summed E-state index contributed by atoms with van der Waals surface area (Å²) in [4.78, 5) is 27.1. The number of anilines is 1. The fraction of sp³-hybridized carbons (Fsp3) is 0. The number of carbonyl (C=O) groups is 2. The second-order valence-electron chi connectivity index (χ2n) is 3.82. The number of hydrogen-bond acceptors (Lipinski definition) is 3. The van der Waals surface area contributed by atoms with E-state index in [1.54, 1.807) is 0 Å². The first-order valence-corrected chi connectivity index (χ1v) is 6.60. The molecule has 7 heteroatoms. The van der Waals surface area contributed by atoms with Crippen LogP contribution in [-0.2, 0) is 0 Å². The van der Waals surface area contributed by atoms with Gasteiger partial charge in [0.15, 0.2) is 0 Å². The van der Waals surface area contributed by atoms with Crippen molar-refractivity contribution >= 4 is 45.1 Å². The number of aromatic carboxylic acids is 1. The molecule has 2 N–H and O–H groups in total. The maximum absolute atomic E-state index is 12.0. The summed E-state index contributed by atoms with van der Waals surface area (Å²) in [6.07, 6.45) is 1.47. The number of hydrogen-bond donors (Lipinski definition) is 2. The number of rotatable bonds is 3. The summed E-state index contributed by atoms with van der Waals surface area (Å²) in [5.74, 6) is -1.60. The Balaban J connectivity index is 2.30. The zero-order valence-electron chi connectivity index (χ0n) is 9.93. The molecule has 2 rings (SSSR count). The third-order valence-electron chi connectivity index (χ3n) is 2.45. The number of halogens is 2. The fourth-order valence-corrected chi connectivity index (χ4v) is 2.08. The lowest BCUT2D eigenvalue weighted by Gasteiger charge is -2.09. The van der Waals surface area contributed by atoms with Gasteiger partial charge >= 0.3 is 5.97 Å². The molecule has 1 heterocycles. The summed E-state index contributed by atoms with van der Waals surface area (Å²) in [5.41, 5.74) is 0.469. The van der Waals surface area contributed by atoms with Crippen LogP contribution in [0, 0.1) is 0 Å². The lowest BCUT2D eigenvalue weighted by molar-refractivity contribution is 0.0698. The minimum atomic E-state index is -1.17. The number of carboxylic acid groups (broad SMARTS) is 1. The molecule has 20 heavy (non-hydrogen) atoms. The minimum absolute atomic E-state index is 0.0704. The van der Waals surface area contributed by atoms with Crippen LogP contribution >= 0.6 is 27.5 Å². The van der Waals surface area contributed by atoms with Gasteiger partial charge in [0.2, 0.25) is 0 Å². The van der Waals surface area contributed by atoms with E-state index in [-0.39, 0.29) is 16.3 Å². The lowest BCUT2D eigenvalue weighted by atomic mass is 10.1. The van der Waals surface area contributed by atoms with Gasteiger partial charge < -0.3 is 10.4 Å². The van der Waals surface area contributed by atoms with Gasteiger partial charge in [-0.15, -0.1) is 0 Å². The summed E-state index contributed by atoms with van der Waals surface area (Å²) < 4.78 is 0.514. The van der Waals surface area contributed by atoms with Crippen LogP contribution in [0.3, 0.4) is 0 Å². The number of nitrogens with one attached hydrogen (secondary N) is 1. The van der Waals surface area contributed by atoms with E-state index in [0.29, 0.717) is 10.2 Å². The summed E-state index contributed by atoms with van der Waals surface area (Å²) in [6.45, 7) is 0. The summed E-state index contributed by atoms with van der Waals surface area (Å²) in [6, 6.07) is 7.29. The smallest absolute Gasteiger partial charge is 0.337 e. The molecule has 0 aliphatic heterocycles. The van der Waals surface area contributed by atoms with E-state index in [4.69, 9.17) is 16.7 Å². The van der Waals surface area contributed by atoms with Crippen molar-refractivity contribution < 1.29 is 14.7 Å². The number of benzene rings is 1. The third-order valence-corrected chi connectivity index (χ3v) is 3.12. The predicted octanol–water partition coefficient (Wildman–Crippen LogP) is 3.45. The fourth-order valence-electron chi connectivity index (χ4n) is 1.54. The van der Waals surface area contributed by atoms with Crippen molar-refractivity contribution in [3.05, 3.63) is 57.3 Å². The molecule has 0 aliphatic carbocycles. The highest BCUT2D eigenvalue weighted by Gasteiger charge is 2.14. The lowest BCUT2D eigenvalue weighted by Crippen LogP contribution is -2.15. The molecule has 5 nitrogen and oxygen atoms in total. The molecule has 0 aliphatic rings. The molecule has 102 valence electrons. The van der Waals surface area contributed by atoms with Crippen molar-refractivity contribution in [1.82, 2.24) is 4.98 Å². The largest absolute Gasteiger partial charge is 0.478 e. The normalized spacial score (nSPS) is 10.1. The molecule has 0 atom stereocenters. The molecule has 1 aromatic heterocycles. The van der Waals surface area contributed by atoms with Crippen LogP contribution < -0.4 is 5.32 Å². The zero-order chi connectivity index (χ0) is 14.7. The van der Waals surface area contributed by atoms with Gasteiger partial charge in [0.05, 0.1) is 11.3 Å².